The lowest BCUT2D eigenvalue weighted by Gasteiger charge is -2.25. The average Bonchev–Trinajstić information content (AvgIpc) is 2.49. The van der Waals surface area contributed by atoms with Gasteiger partial charge in [0.15, 0.2) is 0 Å². The van der Waals surface area contributed by atoms with Crippen molar-refractivity contribution < 1.29 is 17.6 Å². The van der Waals surface area contributed by atoms with Crippen molar-refractivity contribution in [3.8, 4) is 0 Å². The lowest BCUT2D eigenvalue weighted by atomic mass is 10.2. The van der Waals surface area contributed by atoms with Crippen LogP contribution in [-0.4, -0.2) is 22.9 Å². The van der Waals surface area contributed by atoms with E-state index in [0.29, 0.717) is 4.47 Å². The molecule has 0 bridgehead atoms. The van der Waals surface area contributed by atoms with E-state index in [1.165, 1.54) is 12.1 Å². The molecule has 0 radical (unpaired) electrons. The van der Waals surface area contributed by atoms with Gasteiger partial charge in [-0.25, -0.2) is 22.5 Å². The van der Waals surface area contributed by atoms with Crippen LogP contribution in [0.5, 0.6) is 0 Å². The smallest absolute Gasteiger partial charge is 0.256 e. The Kier molecular flexibility index (Phi) is 5.55. The SMILES string of the molecule is Fc1cc(Br)cc(N(CC(F)F)c2nc(Cl)nc3cc(Cl)cc(F)c23)c1. The number of halogens is 7. The first-order chi connectivity index (χ1) is 12.2. The third kappa shape index (κ3) is 4.02. The first-order valence-electron chi connectivity index (χ1n) is 7.08. The quantitative estimate of drug-likeness (QED) is 0.328. The van der Waals surface area contributed by atoms with Gasteiger partial charge in [-0.05, 0) is 41.9 Å². The van der Waals surface area contributed by atoms with Crippen molar-refractivity contribution in [1.29, 1.82) is 0 Å². The molecule has 3 aromatic rings. The summed E-state index contributed by atoms with van der Waals surface area (Å²) in [5.74, 6) is -1.69. The maximum Gasteiger partial charge on any atom is 0.256 e. The summed E-state index contributed by atoms with van der Waals surface area (Å²) in [5.41, 5.74) is 0.0855. The van der Waals surface area contributed by atoms with E-state index in [0.717, 1.165) is 23.1 Å². The van der Waals surface area contributed by atoms with E-state index in [2.05, 4.69) is 25.9 Å². The van der Waals surface area contributed by atoms with Crippen molar-refractivity contribution in [3.63, 3.8) is 0 Å². The summed E-state index contributed by atoms with van der Waals surface area (Å²) in [6.45, 7) is -0.861. The number of anilines is 2. The maximum atomic E-state index is 14.5. The fourth-order valence-corrected chi connectivity index (χ4v) is 3.30. The first-order valence-corrected chi connectivity index (χ1v) is 8.63. The van der Waals surface area contributed by atoms with Crippen LogP contribution < -0.4 is 4.90 Å². The minimum Gasteiger partial charge on any atom is -0.320 e. The van der Waals surface area contributed by atoms with Gasteiger partial charge in [-0.2, -0.15) is 4.98 Å². The molecule has 2 aromatic carbocycles. The standard InChI is InChI=1S/C16H8BrCl2F4N3/c17-7-1-9(20)5-10(2-7)26(6-13(22)23)15-14-11(21)3-8(18)4-12(14)24-16(19)25-15/h1-5,13H,6H2. The summed E-state index contributed by atoms with van der Waals surface area (Å²) in [5, 5.41) is -0.381. The summed E-state index contributed by atoms with van der Waals surface area (Å²) in [6, 6.07) is 5.94. The van der Waals surface area contributed by atoms with Crippen LogP contribution in [0, 0.1) is 11.6 Å². The average molecular weight is 469 g/mol. The van der Waals surface area contributed by atoms with Crippen LogP contribution in [0.2, 0.25) is 10.3 Å². The maximum absolute atomic E-state index is 14.5. The Balaban J connectivity index is 2.30. The number of hydrogen-bond donors (Lipinski definition) is 0. The predicted octanol–water partition coefficient (Wildman–Crippen LogP) is 6.38. The van der Waals surface area contributed by atoms with E-state index >= 15 is 0 Å². The molecule has 0 fully saturated rings. The Bertz CT molecular complexity index is 962. The van der Waals surface area contributed by atoms with Gasteiger partial charge < -0.3 is 4.90 Å². The number of nitrogens with zero attached hydrogens (tertiary/aromatic N) is 3. The lowest BCUT2D eigenvalue weighted by Crippen LogP contribution is -2.25. The summed E-state index contributed by atoms with van der Waals surface area (Å²) < 4.78 is 55.0. The van der Waals surface area contributed by atoms with Crippen LogP contribution in [0.1, 0.15) is 0 Å². The third-order valence-corrected chi connectivity index (χ3v) is 4.25. The molecule has 0 aliphatic rings. The zero-order valence-electron chi connectivity index (χ0n) is 12.7. The normalized spacial score (nSPS) is 11.4. The highest BCUT2D eigenvalue weighted by Crippen LogP contribution is 2.35. The molecular weight excluding hydrogens is 461 g/mol. The van der Waals surface area contributed by atoms with Crippen LogP contribution in [0.25, 0.3) is 10.9 Å². The number of rotatable bonds is 4. The van der Waals surface area contributed by atoms with Crippen LogP contribution in [0.3, 0.4) is 0 Å². The Labute approximate surface area is 163 Å². The number of benzene rings is 2. The third-order valence-electron chi connectivity index (χ3n) is 3.40. The van der Waals surface area contributed by atoms with E-state index in [9.17, 15) is 17.6 Å². The van der Waals surface area contributed by atoms with Gasteiger partial charge in [-0.3, -0.25) is 0 Å². The van der Waals surface area contributed by atoms with E-state index in [1.54, 1.807) is 0 Å². The van der Waals surface area contributed by atoms with E-state index < -0.39 is 24.6 Å². The monoisotopic (exact) mass is 467 g/mol. The highest BCUT2D eigenvalue weighted by atomic mass is 79.9. The van der Waals surface area contributed by atoms with Gasteiger partial charge in [0.1, 0.15) is 17.5 Å². The van der Waals surface area contributed by atoms with Crippen molar-refractivity contribution in [1.82, 2.24) is 9.97 Å². The van der Waals surface area contributed by atoms with Gasteiger partial charge in [-0.15, -0.1) is 0 Å². The van der Waals surface area contributed by atoms with Gasteiger partial charge >= 0.3 is 0 Å². The molecule has 26 heavy (non-hydrogen) atoms. The molecule has 0 atom stereocenters. The zero-order valence-corrected chi connectivity index (χ0v) is 15.8. The first kappa shape index (κ1) is 19.1. The number of hydrogen-bond acceptors (Lipinski definition) is 3. The summed E-state index contributed by atoms with van der Waals surface area (Å²) in [6.07, 6.45) is -2.81. The van der Waals surface area contributed by atoms with E-state index in [-0.39, 0.29) is 32.7 Å². The molecule has 0 N–H and O–H groups in total. The minimum atomic E-state index is -2.81. The molecule has 3 rings (SSSR count). The molecule has 0 amide bonds. The van der Waals surface area contributed by atoms with Gasteiger partial charge in [0, 0.05) is 15.2 Å². The van der Waals surface area contributed by atoms with Crippen LogP contribution in [0.4, 0.5) is 29.1 Å². The molecule has 0 spiro atoms. The Morgan fingerprint density at radius 3 is 2.42 bits per heavy atom. The summed E-state index contributed by atoms with van der Waals surface area (Å²) in [7, 11) is 0. The summed E-state index contributed by atoms with van der Waals surface area (Å²) in [4.78, 5) is 8.77. The van der Waals surface area contributed by atoms with Gasteiger partial charge in [0.05, 0.1) is 17.4 Å². The predicted molar refractivity (Wildman–Crippen MR) is 96.6 cm³/mol. The molecule has 0 unspecified atom stereocenters. The molecular formula is C16H8BrCl2F4N3. The second-order valence-electron chi connectivity index (χ2n) is 5.23. The second-order valence-corrected chi connectivity index (χ2v) is 6.92. The zero-order chi connectivity index (χ0) is 19.0. The van der Waals surface area contributed by atoms with Crippen LogP contribution in [0.15, 0.2) is 34.8 Å². The molecule has 3 nitrogen and oxygen atoms in total. The van der Waals surface area contributed by atoms with Crippen LogP contribution in [-0.2, 0) is 0 Å². The number of fused-ring (bicyclic) bond motifs is 1. The molecule has 0 saturated carbocycles. The van der Waals surface area contributed by atoms with Crippen molar-refractivity contribution >= 4 is 61.5 Å². The second kappa shape index (κ2) is 7.54. The number of alkyl halides is 2. The van der Waals surface area contributed by atoms with Crippen molar-refractivity contribution in [2.75, 3.05) is 11.4 Å². The minimum absolute atomic E-state index is 0.0414. The van der Waals surface area contributed by atoms with Gasteiger partial charge in [-0.1, -0.05) is 27.5 Å². The molecule has 1 aromatic heterocycles. The topological polar surface area (TPSA) is 29.0 Å². The Hall–Kier alpha value is -1.64. The van der Waals surface area contributed by atoms with Gasteiger partial charge in [0.2, 0.25) is 5.28 Å². The van der Waals surface area contributed by atoms with E-state index in [4.69, 9.17) is 23.2 Å². The van der Waals surface area contributed by atoms with E-state index in [1.807, 2.05) is 0 Å². The number of aromatic nitrogens is 2. The molecule has 10 heteroatoms. The fourth-order valence-electron chi connectivity index (χ4n) is 2.48. The Morgan fingerprint density at radius 1 is 1.04 bits per heavy atom. The van der Waals surface area contributed by atoms with Crippen molar-refractivity contribution in [2.24, 2.45) is 0 Å². The van der Waals surface area contributed by atoms with Crippen molar-refractivity contribution in [2.45, 2.75) is 6.43 Å². The van der Waals surface area contributed by atoms with Gasteiger partial charge in [0.25, 0.3) is 6.43 Å². The lowest BCUT2D eigenvalue weighted by molar-refractivity contribution is 0.157. The molecule has 0 aliphatic heterocycles. The largest absolute Gasteiger partial charge is 0.320 e. The fraction of sp³-hybridized carbons (Fsp3) is 0.125. The molecule has 0 aliphatic carbocycles. The van der Waals surface area contributed by atoms with Crippen molar-refractivity contribution in [3.05, 3.63) is 56.7 Å². The molecule has 0 saturated heterocycles. The van der Waals surface area contributed by atoms with Crippen LogP contribution >= 0.6 is 39.1 Å². The molecule has 1 heterocycles. The summed E-state index contributed by atoms with van der Waals surface area (Å²) >= 11 is 14.8. The highest BCUT2D eigenvalue weighted by molar-refractivity contribution is 9.10. The molecule has 136 valence electrons. The highest BCUT2D eigenvalue weighted by Gasteiger charge is 2.23. The Morgan fingerprint density at radius 2 is 1.77 bits per heavy atom.